The molecule has 0 aliphatic carbocycles. The van der Waals surface area contributed by atoms with Crippen LogP contribution in [0.5, 0.6) is 0 Å². The number of imidazole rings is 1. The van der Waals surface area contributed by atoms with Crippen LogP contribution >= 0.6 is 0 Å². The van der Waals surface area contributed by atoms with Crippen LogP contribution < -0.4 is 10.6 Å². The van der Waals surface area contributed by atoms with Crippen molar-refractivity contribution in [2.75, 3.05) is 0 Å². The number of aromatic nitrogens is 2. The Hall–Kier alpha value is -1.85. The van der Waals surface area contributed by atoms with Crippen LogP contribution in [0.2, 0.25) is 0 Å². The van der Waals surface area contributed by atoms with Crippen molar-refractivity contribution in [1.29, 1.82) is 0 Å². The Morgan fingerprint density at radius 2 is 2.53 bits per heavy atom. The molecule has 92 valence electrons. The van der Waals surface area contributed by atoms with E-state index in [1.165, 1.54) is 0 Å². The van der Waals surface area contributed by atoms with Crippen LogP contribution in [0.4, 0.5) is 0 Å². The van der Waals surface area contributed by atoms with E-state index in [-0.39, 0.29) is 17.9 Å². The summed E-state index contributed by atoms with van der Waals surface area (Å²) in [5.74, 6) is 0.542. The van der Waals surface area contributed by atoms with Crippen molar-refractivity contribution in [3.8, 4) is 0 Å². The molecule has 1 aliphatic rings. The van der Waals surface area contributed by atoms with E-state index in [9.17, 15) is 9.59 Å². The molecule has 1 saturated heterocycles. The third-order valence-corrected chi connectivity index (χ3v) is 2.89. The smallest absolute Gasteiger partial charge is 0.243 e. The van der Waals surface area contributed by atoms with E-state index in [2.05, 4.69) is 20.6 Å². The van der Waals surface area contributed by atoms with E-state index < -0.39 is 6.04 Å². The quantitative estimate of drug-likeness (QED) is 0.700. The molecular formula is C11H16N4O2. The lowest BCUT2D eigenvalue weighted by Gasteiger charge is -2.17. The van der Waals surface area contributed by atoms with E-state index in [1.54, 1.807) is 12.4 Å². The number of carbonyl (C=O) groups excluding carboxylic acids is 2. The van der Waals surface area contributed by atoms with Gasteiger partial charge in [0.1, 0.15) is 11.9 Å². The minimum absolute atomic E-state index is 0.0591. The Kier molecular flexibility index (Phi) is 3.41. The van der Waals surface area contributed by atoms with Gasteiger partial charge >= 0.3 is 0 Å². The van der Waals surface area contributed by atoms with Gasteiger partial charge in [-0.2, -0.15) is 0 Å². The van der Waals surface area contributed by atoms with Gasteiger partial charge in [-0.15, -0.1) is 0 Å². The molecule has 1 aliphatic heterocycles. The van der Waals surface area contributed by atoms with Gasteiger partial charge in [-0.1, -0.05) is 6.92 Å². The number of rotatable bonds is 4. The molecule has 6 heteroatoms. The first kappa shape index (κ1) is 11.6. The van der Waals surface area contributed by atoms with E-state index in [0.717, 1.165) is 12.2 Å². The number of nitrogens with one attached hydrogen (secondary N) is 3. The van der Waals surface area contributed by atoms with E-state index in [4.69, 9.17) is 0 Å². The number of hydrogen-bond donors (Lipinski definition) is 3. The average Bonchev–Trinajstić information content (AvgIpc) is 2.96. The second-order valence-corrected chi connectivity index (χ2v) is 4.10. The SMILES string of the molecule is CCC(NC(=O)[C@H]1CCC(=O)N1)c1ncc[nH]1. The molecule has 1 aromatic rings. The lowest BCUT2D eigenvalue weighted by molar-refractivity contribution is -0.126. The minimum Gasteiger partial charge on any atom is -0.347 e. The Labute approximate surface area is 99.2 Å². The molecule has 1 aromatic heterocycles. The van der Waals surface area contributed by atoms with Crippen LogP contribution in [0.25, 0.3) is 0 Å². The highest BCUT2D eigenvalue weighted by Crippen LogP contribution is 2.13. The van der Waals surface area contributed by atoms with Gasteiger partial charge in [-0.05, 0) is 12.8 Å². The minimum atomic E-state index is -0.397. The maximum Gasteiger partial charge on any atom is 0.243 e. The first-order valence-corrected chi connectivity index (χ1v) is 5.79. The molecule has 1 fully saturated rings. The van der Waals surface area contributed by atoms with Gasteiger partial charge in [0.25, 0.3) is 0 Å². The van der Waals surface area contributed by atoms with Crippen LogP contribution in [0.15, 0.2) is 12.4 Å². The highest BCUT2D eigenvalue weighted by Gasteiger charge is 2.28. The van der Waals surface area contributed by atoms with Gasteiger partial charge in [0.15, 0.2) is 0 Å². The second kappa shape index (κ2) is 4.99. The molecule has 0 saturated carbocycles. The summed E-state index contributed by atoms with van der Waals surface area (Å²) in [5, 5.41) is 5.53. The Balaban J connectivity index is 1.95. The molecule has 2 amide bonds. The van der Waals surface area contributed by atoms with Crippen molar-refractivity contribution >= 4 is 11.8 Å². The molecule has 3 N–H and O–H groups in total. The summed E-state index contributed by atoms with van der Waals surface area (Å²) in [6.45, 7) is 1.97. The number of hydrogen-bond acceptors (Lipinski definition) is 3. The summed E-state index contributed by atoms with van der Waals surface area (Å²) in [7, 11) is 0. The summed E-state index contributed by atoms with van der Waals surface area (Å²) in [4.78, 5) is 30.0. The van der Waals surface area contributed by atoms with Gasteiger partial charge < -0.3 is 15.6 Å². The standard InChI is InChI=1S/C11H16N4O2/c1-2-7(10-12-5-6-13-10)15-11(17)8-3-4-9(16)14-8/h5-8H,2-4H2,1H3,(H,12,13)(H,14,16)(H,15,17)/t7?,8-/m1/s1. The fourth-order valence-electron chi connectivity index (χ4n) is 1.91. The van der Waals surface area contributed by atoms with Crippen molar-refractivity contribution in [1.82, 2.24) is 20.6 Å². The van der Waals surface area contributed by atoms with Crippen molar-refractivity contribution in [2.24, 2.45) is 0 Å². The summed E-state index contributed by atoms with van der Waals surface area (Å²) < 4.78 is 0. The third kappa shape index (κ3) is 2.64. The Morgan fingerprint density at radius 3 is 3.06 bits per heavy atom. The zero-order chi connectivity index (χ0) is 12.3. The van der Waals surface area contributed by atoms with Gasteiger partial charge in [0.2, 0.25) is 11.8 Å². The molecule has 0 spiro atoms. The summed E-state index contributed by atoms with van der Waals surface area (Å²) in [6.07, 6.45) is 5.12. The lowest BCUT2D eigenvalue weighted by Crippen LogP contribution is -2.43. The van der Waals surface area contributed by atoms with Crippen molar-refractivity contribution in [2.45, 2.75) is 38.3 Å². The van der Waals surface area contributed by atoms with Crippen molar-refractivity contribution in [3.63, 3.8) is 0 Å². The molecule has 2 atom stereocenters. The molecule has 2 heterocycles. The number of nitrogens with zero attached hydrogens (tertiary/aromatic N) is 1. The topological polar surface area (TPSA) is 86.9 Å². The van der Waals surface area contributed by atoms with Crippen LogP contribution in [0.3, 0.4) is 0 Å². The molecule has 0 bridgehead atoms. The molecule has 0 aromatic carbocycles. The Bertz CT molecular complexity index is 402. The predicted molar refractivity (Wildman–Crippen MR) is 60.9 cm³/mol. The number of amides is 2. The van der Waals surface area contributed by atoms with Crippen molar-refractivity contribution < 1.29 is 9.59 Å². The van der Waals surface area contributed by atoms with Crippen molar-refractivity contribution in [3.05, 3.63) is 18.2 Å². The fraction of sp³-hybridized carbons (Fsp3) is 0.545. The van der Waals surface area contributed by atoms with E-state index in [1.807, 2.05) is 6.92 Å². The number of aromatic amines is 1. The summed E-state index contributed by atoms with van der Waals surface area (Å²) in [6, 6.07) is -0.526. The molecule has 1 unspecified atom stereocenters. The van der Waals surface area contributed by atoms with Gasteiger partial charge in [-0.25, -0.2) is 4.98 Å². The highest BCUT2D eigenvalue weighted by atomic mass is 16.2. The fourth-order valence-corrected chi connectivity index (χ4v) is 1.91. The third-order valence-electron chi connectivity index (χ3n) is 2.89. The number of carbonyl (C=O) groups is 2. The highest BCUT2D eigenvalue weighted by molar-refractivity contribution is 5.90. The molecule has 6 nitrogen and oxygen atoms in total. The lowest BCUT2D eigenvalue weighted by atomic mass is 10.1. The average molecular weight is 236 g/mol. The largest absolute Gasteiger partial charge is 0.347 e. The zero-order valence-electron chi connectivity index (χ0n) is 9.69. The van der Waals surface area contributed by atoms with Crippen LogP contribution in [0.1, 0.15) is 38.1 Å². The molecule has 0 radical (unpaired) electrons. The second-order valence-electron chi connectivity index (χ2n) is 4.10. The van der Waals surface area contributed by atoms with E-state index >= 15 is 0 Å². The van der Waals surface area contributed by atoms with Gasteiger partial charge in [0.05, 0.1) is 6.04 Å². The number of H-pyrrole nitrogens is 1. The summed E-state index contributed by atoms with van der Waals surface area (Å²) in [5.41, 5.74) is 0. The van der Waals surface area contributed by atoms with Gasteiger partial charge in [-0.3, -0.25) is 9.59 Å². The van der Waals surface area contributed by atoms with Gasteiger partial charge in [0, 0.05) is 18.8 Å². The monoisotopic (exact) mass is 236 g/mol. The normalized spacial score (nSPS) is 21.0. The Morgan fingerprint density at radius 1 is 1.71 bits per heavy atom. The molecule has 2 rings (SSSR count). The van der Waals surface area contributed by atoms with Crippen LogP contribution in [-0.2, 0) is 9.59 Å². The first-order chi connectivity index (χ1) is 8.20. The van der Waals surface area contributed by atoms with Crippen LogP contribution in [0, 0.1) is 0 Å². The maximum atomic E-state index is 11.9. The molecule has 17 heavy (non-hydrogen) atoms. The maximum absolute atomic E-state index is 11.9. The predicted octanol–water partition coefficient (Wildman–Crippen LogP) is 0.256. The molecular weight excluding hydrogens is 220 g/mol. The van der Waals surface area contributed by atoms with E-state index in [0.29, 0.717) is 12.8 Å². The van der Waals surface area contributed by atoms with Crippen LogP contribution in [-0.4, -0.2) is 27.8 Å². The zero-order valence-corrected chi connectivity index (χ0v) is 9.69. The first-order valence-electron chi connectivity index (χ1n) is 5.79. The summed E-state index contributed by atoms with van der Waals surface area (Å²) >= 11 is 0.